The minimum Gasteiger partial charge on any atom is -0.479 e. The number of aliphatic hydroxyl groups excluding tert-OH is 1. The second kappa shape index (κ2) is 9.85. The lowest BCUT2D eigenvalue weighted by molar-refractivity contribution is -0.222. The molecule has 0 bridgehead atoms. The number of fused-ring (bicyclic) bond motifs is 6. The zero-order valence-corrected chi connectivity index (χ0v) is 21.5. The van der Waals surface area contributed by atoms with Gasteiger partial charge in [0, 0.05) is 41.4 Å². The van der Waals surface area contributed by atoms with Crippen molar-refractivity contribution < 1.29 is 33.7 Å². The van der Waals surface area contributed by atoms with E-state index in [1.807, 2.05) is 30.9 Å². The van der Waals surface area contributed by atoms with Gasteiger partial charge in [-0.05, 0) is 29.9 Å². The standard InChI is InChI=1S/C26H21B4FN3O6/c1-9-24-12(2-3-17(36)40-18-6-11(35)5-16(39-18)26(37)38)13-7-14-10(8-32-33-14)4-15(13)34(24)25-20(28)19(27)23(31)21(29)22(25)30-9/h4,7-9,11,16,18,35H,2-3,5-6H2,1H3,(H,32,33)(H,37,38)/t9?,11-,16-,18-/m0/s1. The molecule has 1 fully saturated rings. The van der Waals surface area contributed by atoms with Crippen LogP contribution >= 0.6 is 0 Å². The summed E-state index contributed by atoms with van der Waals surface area (Å²) in [4.78, 5) is 24.2. The first-order chi connectivity index (χ1) is 19.0. The second-order valence-electron chi connectivity index (χ2n) is 10.3. The summed E-state index contributed by atoms with van der Waals surface area (Å²) >= 11 is 0. The Bertz CT molecular complexity index is 1710. The fourth-order valence-electron chi connectivity index (χ4n) is 5.84. The number of carbonyl (C=O) groups is 2. The molecule has 0 aliphatic carbocycles. The number of carboxylic acid groups (broad SMARTS) is 1. The number of aliphatic carboxylic acids is 1. The predicted molar refractivity (Wildman–Crippen MR) is 149 cm³/mol. The third-order valence-corrected chi connectivity index (χ3v) is 7.69. The summed E-state index contributed by atoms with van der Waals surface area (Å²) in [6.07, 6.45) is -1.58. The second-order valence-corrected chi connectivity index (χ2v) is 10.3. The van der Waals surface area contributed by atoms with Crippen LogP contribution in [0.2, 0.25) is 0 Å². The van der Waals surface area contributed by atoms with Gasteiger partial charge in [-0.1, -0.05) is 28.8 Å². The van der Waals surface area contributed by atoms with Gasteiger partial charge < -0.3 is 24.3 Å². The van der Waals surface area contributed by atoms with Gasteiger partial charge in [-0.2, -0.15) is 5.10 Å². The Labute approximate surface area is 232 Å². The van der Waals surface area contributed by atoms with Crippen LogP contribution < -0.4 is 21.9 Å². The number of aryl methyl sites for hydroxylation is 1. The topological polar surface area (TPSA) is 127 Å². The largest absolute Gasteiger partial charge is 0.479 e. The van der Waals surface area contributed by atoms with Crippen molar-refractivity contribution >= 4 is 86.4 Å². The molecule has 6 rings (SSSR count). The highest BCUT2D eigenvalue weighted by molar-refractivity contribution is 6.67. The monoisotopic (exact) mass is 534 g/mol. The van der Waals surface area contributed by atoms with Crippen LogP contribution in [0.3, 0.4) is 0 Å². The molecule has 0 spiro atoms. The third-order valence-electron chi connectivity index (χ3n) is 7.69. The van der Waals surface area contributed by atoms with Crippen molar-refractivity contribution in [1.82, 2.24) is 14.8 Å². The molecule has 9 nitrogen and oxygen atoms in total. The number of H-pyrrole nitrogens is 1. The number of halogens is 1. The number of aromatic amines is 1. The van der Waals surface area contributed by atoms with Crippen molar-refractivity contribution in [3.63, 3.8) is 0 Å². The number of hydrogen-bond acceptors (Lipinski definition) is 6. The Hall–Kier alpha value is -3.50. The van der Waals surface area contributed by atoms with E-state index >= 15 is 0 Å². The molecule has 1 saturated heterocycles. The van der Waals surface area contributed by atoms with Crippen LogP contribution in [0, 0.1) is 5.82 Å². The van der Waals surface area contributed by atoms with Crippen molar-refractivity contribution in [1.29, 1.82) is 0 Å². The summed E-state index contributed by atoms with van der Waals surface area (Å²) in [5.41, 5.74) is 3.86. The first-order valence-corrected chi connectivity index (χ1v) is 12.8. The third kappa shape index (κ3) is 4.25. The molecular formula is C26H21B4FN3O6. The molecule has 7 radical (unpaired) electrons. The van der Waals surface area contributed by atoms with E-state index in [1.54, 1.807) is 6.20 Å². The summed E-state index contributed by atoms with van der Waals surface area (Å²) in [6.45, 7) is 1.94. The number of hydrogen-bond donors (Lipinski definition) is 3. The summed E-state index contributed by atoms with van der Waals surface area (Å²) in [6, 6.07) is 3.86. The zero-order valence-electron chi connectivity index (χ0n) is 21.5. The van der Waals surface area contributed by atoms with Gasteiger partial charge in [0.05, 0.1) is 23.3 Å². The maximum Gasteiger partial charge on any atom is 0.333 e. The molecule has 0 amide bonds. The van der Waals surface area contributed by atoms with Gasteiger partial charge in [0.15, 0.2) is 13.4 Å². The molecule has 2 aliphatic heterocycles. The van der Waals surface area contributed by atoms with Crippen molar-refractivity contribution in [3.8, 4) is 5.69 Å². The Morgan fingerprint density at radius 2 is 2.02 bits per heavy atom. The van der Waals surface area contributed by atoms with Crippen molar-refractivity contribution in [2.24, 2.45) is 0 Å². The molecule has 3 N–H and O–H groups in total. The molecule has 2 aliphatic rings. The fraction of sp³-hybridized carbons (Fsp3) is 0.346. The van der Waals surface area contributed by atoms with E-state index in [-0.39, 0.29) is 47.9 Å². The van der Waals surface area contributed by atoms with E-state index in [2.05, 4.69) is 10.2 Å². The molecule has 40 heavy (non-hydrogen) atoms. The molecule has 4 atom stereocenters. The Kier molecular flexibility index (Phi) is 6.58. The first-order valence-electron chi connectivity index (χ1n) is 12.8. The Balaban J connectivity index is 1.40. The van der Waals surface area contributed by atoms with E-state index in [0.29, 0.717) is 11.2 Å². The summed E-state index contributed by atoms with van der Waals surface area (Å²) in [5, 5.41) is 28.0. The van der Waals surface area contributed by atoms with Crippen molar-refractivity contribution in [2.75, 3.05) is 0 Å². The van der Waals surface area contributed by atoms with Gasteiger partial charge in [0.25, 0.3) is 0 Å². The van der Waals surface area contributed by atoms with Crippen LogP contribution in [0.4, 0.5) is 4.39 Å². The van der Waals surface area contributed by atoms with Crippen molar-refractivity contribution in [2.45, 2.75) is 56.9 Å². The van der Waals surface area contributed by atoms with Crippen LogP contribution in [0.15, 0.2) is 18.3 Å². The molecule has 4 heterocycles. The van der Waals surface area contributed by atoms with E-state index in [9.17, 15) is 24.2 Å². The summed E-state index contributed by atoms with van der Waals surface area (Å²) in [5.74, 6) is -2.84. The number of benzene rings is 2. The molecule has 2 aromatic carbocycles. The molecule has 4 aromatic rings. The van der Waals surface area contributed by atoms with E-state index in [4.69, 9.17) is 33.0 Å². The highest BCUT2D eigenvalue weighted by atomic mass is 19.1. The number of carbonyl (C=O) groups excluding carboxylic acids is 1. The molecule has 0 saturated carbocycles. The number of aromatic nitrogens is 3. The Morgan fingerprint density at radius 1 is 1.25 bits per heavy atom. The minimum atomic E-state index is -1.26. The highest BCUT2D eigenvalue weighted by Gasteiger charge is 2.36. The smallest absolute Gasteiger partial charge is 0.333 e. The van der Waals surface area contributed by atoms with E-state index in [0.717, 1.165) is 33.1 Å². The molecule has 2 aromatic heterocycles. The average molecular weight is 534 g/mol. The minimum absolute atomic E-state index is 0.0145. The molecule has 1 unspecified atom stereocenters. The van der Waals surface area contributed by atoms with Crippen LogP contribution in [-0.4, -0.2) is 86.2 Å². The van der Waals surface area contributed by atoms with Crippen LogP contribution in [-0.2, 0) is 25.5 Å². The van der Waals surface area contributed by atoms with Gasteiger partial charge in [0.1, 0.15) is 29.4 Å². The van der Waals surface area contributed by atoms with E-state index < -0.39 is 36.3 Å². The number of rotatable bonds is 5. The van der Waals surface area contributed by atoms with Crippen LogP contribution in [0.5, 0.6) is 0 Å². The van der Waals surface area contributed by atoms with Gasteiger partial charge in [0.2, 0.25) is 6.29 Å². The molecule has 14 heteroatoms. The lowest BCUT2D eigenvalue weighted by Crippen LogP contribution is -2.52. The van der Waals surface area contributed by atoms with Gasteiger partial charge >= 0.3 is 11.9 Å². The quantitative estimate of drug-likeness (QED) is 0.219. The number of esters is 1. The zero-order chi connectivity index (χ0) is 28.5. The SMILES string of the molecule is [B]c1c([B])c2c(c([B])c1F)[B]C(C)c1c(CCC(=O)O[C@H]3C[C@@H](O)C[C@@H](C(=O)O)O3)c3cc4[nH]ncc4cc3n1-2. The lowest BCUT2D eigenvalue weighted by Gasteiger charge is -2.31. The normalized spacial score (nSPS) is 22.1. The number of ether oxygens (including phenoxy) is 2. The average Bonchev–Trinajstić information content (AvgIpc) is 3.50. The lowest BCUT2D eigenvalue weighted by atomic mass is 9.51. The Morgan fingerprint density at radius 3 is 2.77 bits per heavy atom. The van der Waals surface area contributed by atoms with E-state index in [1.165, 1.54) is 0 Å². The van der Waals surface area contributed by atoms with Crippen LogP contribution in [0.1, 0.15) is 43.3 Å². The van der Waals surface area contributed by atoms with Crippen molar-refractivity contribution in [3.05, 3.63) is 35.4 Å². The molecular weight excluding hydrogens is 513 g/mol. The maximum atomic E-state index is 14.8. The highest BCUT2D eigenvalue weighted by Crippen LogP contribution is 2.38. The predicted octanol–water partition coefficient (Wildman–Crippen LogP) is -1.14. The van der Waals surface area contributed by atoms with Crippen LogP contribution in [0.25, 0.3) is 27.5 Å². The first kappa shape index (κ1) is 26.7. The fourth-order valence-corrected chi connectivity index (χ4v) is 5.84. The summed E-state index contributed by atoms with van der Waals surface area (Å²) in [7, 11) is 20.3. The number of carboxylic acids is 1. The molecule has 195 valence electrons. The summed E-state index contributed by atoms with van der Waals surface area (Å²) < 4.78 is 27.4. The van der Waals surface area contributed by atoms with Gasteiger partial charge in [-0.3, -0.25) is 9.89 Å². The number of nitrogens with zero attached hydrogens (tertiary/aromatic N) is 2. The maximum absolute atomic E-state index is 14.8. The number of nitrogens with one attached hydrogen (secondary N) is 1. The number of aliphatic hydroxyl groups is 1. The van der Waals surface area contributed by atoms with Gasteiger partial charge in [-0.15, -0.1) is 0 Å². The van der Waals surface area contributed by atoms with Gasteiger partial charge in [-0.25, -0.2) is 9.18 Å².